The van der Waals surface area contributed by atoms with Crippen LogP contribution in [0.4, 0.5) is 0 Å². The molecular weight excluding hydrogens is 478 g/mol. The van der Waals surface area contributed by atoms with Crippen molar-refractivity contribution in [2.45, 2.75) is 44.0 Å². The second-order valence-corrected chi connectivity index (χ2v) is 10.3. The average Bonchev–Trinajstić information content (AvgIpc) is 2.86. The molecule has 8 heteroatoms. The molecule has 3 aromatic carbocycles. The van der Waals surface area contributed by atoms with Crippen LogP contribution in [0.15, 0.2) is 93.0 Å². The molecule has 0 radical (unpaired) electrons. The van der Waals surface area contributed by atoms with Crippen molar-refractivity contribution in [1.29, 1.82) is 0 Å². The lowest BCUT2D eigenvalue weighted by Gasteiger charge is -2.18. The summed E-state index contributed by atoms with van der Waals surface area (Å²) in [5.74, 6) is -0.681. The van der Waals surface area contributed by atoms with Gasteiger partial charge in [0.2, 0.25) is 10.0 Å². The number of benzene rings is 3. The largest absolute Gasteiger partial charge is 0.425 e. The molecular formula is C28H27NO6S. The van der Waals surface area contributed by atoms with Gasteiger partial charge in [-0.05, 0) is 55.2 Å². The third-order valence-electron chi connectivity index (χ3n) is 5.79. The van der Waals surface area contributed by atoms with Gasteiger partial charge in [-0.25, -0.2) is 18.0 Å². The van der Waals surface area contributed by atoms with Gasteiger partial charge in [0, 0.05) is 17.5 Å². The number of hydrogen-bond acceptors (Lipinski definition) is 6. The van der Waals surface area contributed by atoms with Gasteiger partial charge in [-0.2, -0.15) is 4.72 Å². The Morgan fingerprint density at radius 1 is 1.00 bits per heavy atom. The monoisotopic (exact) mass is 505 g/mol. The Labute approximate surface area is 209 Å². The van der Waals surface area contributed by atoms with Crippen molar-refractivity contribution in [2.75, 3.05) is 0 Å². The normalized spacial score (nSPS) is 12.4. The minimum Gasteiger partial charge on any atom is -0.425 e. The van der Waals surface area contributed by atoms with E-state index in [1.54, 1.807) is 54.6 Å². The lowest BCUT2D eigenvalue weighted by molar-refractivity contribution is -0.136. The van der Waals surface area contributed by atoms with E-state index in [-0.39, 0.29) is 10.6 Å². The molecule has 186 valence electrons. The number of carbonyl (C=O) groups is 1. The summed E-state index contributed by atoms with van der Waals surface area (Å²) in [7, 11) is -4.03. The summed E-state index contributed by atoms with van der Waals surface area (Å²) < 4.78 is 39.5. The first-order chi connectivity index (χ1) is 17.3. The molecule has 0 saturated carbocycles. The van der Waals surface area contributed by atoms with Gasteiger partial charge in [-0.15, -0.1) is 0 Å². The van der Waals surface area contributed by atoms with Gasteiger partial charge in [0.15, 0.2) is 0 Å². The molecule has 4 aromatic rings. The zero-order valence-corrected chi connectivity index (χ0v) is 20.9. The maximum absolute atomic E-state index is 13.2. The number of esters is 1. The number of nitrogens with one attached hydrogen (secondary N) is 1. The van der Waals surface area contributed by atoms with E-state index in [0.717, 1.165) is 35.8 Å². The Morgan fingerprint density at radius 3 is 2.42 bits per heavy atom. The zero-order chi connectivity index (χ0) is 25.7. The fourth-order valence-corrected chi connectivity index (χ4v) is 5.03. The van der Waals surface area contributed by atoms with E-state index >= 15 is 0 Å². The SMILES string of the molecule is CCCCc1cc(=O)oc2cc(OC(=O)C(NS(=O)(=O)c3ccc(C)cc3)c3ccccc3)ccc12. The van der Waals surface area contributed by atoms with Crippen LogP contribution in [0.3, 0.4) is 0 Å². The van der Waals surface area contributed by atoms with Crippen molar-refractivity contribution in [3.8, 4) is 5.75 Å². The lowest BCUT2D eigenvalue weighted by atomic mass is 10.0. The van der Waals surface area contributed by atoms with Gasteiger partial charge in [-0.3, -0.25) is 0 Å². The Balaban J connectivity index is 1.64. The molecule has 0 spiro atoms. The number of carbonyl (C=O) groups excluding carboxylic acids is 1. The first-order valence-electron chi connectivity index (χ1n) is 11.7. The Morgan fingerprint density at radius 2 is 1.72 bits per heavy atom. The smallest absolute Gasteiger partial charge is 0.336 e. The maximum atomic E-state index is 13.2. The summed E-state index contributed by atoms with van der Waals surface area (Å²) in [5.41, 5.74) is 2.02. The molecule has 0 aliphatic rings. The summed E-state index contributed by atoms with van der Waals surface area (Å²) in [6.07, 6.45) is 2.64. The second kappa shape index (κ2) is 10.9. The average molecular weight is 506 g/mol. The fraction of sp³-hybridized carbons (Fsp3) is 0.214. The van der Waals surface area contributed by atoms with Gasteiger partial charge in [0.05, 0.1) is 4.90 Å². The van der Waals surface area contributed by atoms with Crippen LogP contribution in [-0.2, 0) is 21.2 Å². The number of aryl methyl sites for hydroxylation is 2. The number of hydrogen-bond donors (Lipinski definition) is 1. The molecule has 0 bridgehead atoms. The highest BCUT2D eigenvalue weighted by Gasteiger charge is 2.29. The molecule has 1 atom stereocenters. The lowest BCUT2D eigenvalue weighted by Crippen LogP contribution is -2.36. The predicted octanol–water partition coefficient (Wildman–Crippen LogP) is 5.07. The topological polar surface area (TPSA) is 103 Å². The molecule has 36 heavy (non-hydrogen) atoms. The highest BCUT2D eigenvalue weighted by atomic mass is 32.2. The van der Waals surface area contributed by atoms with Gasteiger partial charge in [0.25, 0.3) is 0 Å². The summed E-state index contributed by atoms with van der Waals surface area (Å²) in [6, 6.07) is 19.8. The Hall–Kier alpha value is -3.75. The van der Waals surface area contributed by atoms with E-state index in [2.05, 4.69) is 11.6 Å². The van der Waals surface area contributed by atoms with Crippen molar-refractivity contribution < 1.29 is 22.4 Å². The molecule has 1 heterocycles. The molecule has 0 aliphatic carbocycles. The molecule has 0 saturated heterocycles. The summed E-state index contributed by atoms with van der Waals surface area (Å²) in [4.78, 5) is 25.3. The van der Waals surface area contributed by atoms with Crippen LogP contribution in [-0.4, -0.2) is 14.4 Å². The molecule has 0 fully saturated rings. The predicted molar refractivity (Wildman–Crippen MR) is 137 cm³/mol. The van der Waals surface area contributed by atoms with Crippen molar-refractivity contribution in [1.82, 2.24) is 4.72 Å². The summed E-state index contributed by atoms with van der Waals surface area (Å²) in [6.45, 7) is 3.92. The third kappa shape index (κ3) is 5.90. The van der Waals surface area contributed by atoms with Crippen molar-refractivity contribution >= 4 is 27.0 Å². The Kier molecular flexibility index (Phi) is 7.67. The van der Waals surface area contributed by atoms with Gasteiger partial charge >= 0.3 is 11.6 Å². The van der Waals surface area contributed by atoms with E-state index in [4.69, 9.17) is 9.15 Å². The van der Waals surface area contributed by atoms with Crippen LogP contribution in [0.25, 0.3) is 11.0 Å². The van der Waals surface area contributed by atoms with Gasteiger partial charge < -0.3 is 9.15 Å². The van der Waals surface area contributed by atoms with Gasteiger partial charge in [0.1, 0.15) is 17.4 Å². The molecule has 1 N–H and O–H groups in total. The zero-order valence-electron chi connectivity index (χ0n) is 20.1. The standard InChI is InChI=1S/C28H27NO6S/c1-3-4-8-21-17-26(30)35-25-18-22(13-16-24(21)25)34-28(31)27(20-9-6-5-7-10-20)29-36(32,33)23-14-11-19(2)12-15-23/h5-7,9-18,27,29H,3-4,8H2,1-2H3. The number of fused-ring (bicyclic) bond motifs is 1. The van der Waals surface area contributed by atoms with E-state index in [0.29, 0.717) is 11.1 Å². The number of unbranched alkanes of at least 4 members (excludes halogenated alkanes) is 1. The van der Waals surface area contributed by atoms with E-state index in [9.17, 15) is 18.0 Å². The molecule has 1 unspecified atom stereocenters. The highest BCUT2D eigenvalue weighted by molar-refractivity contribution is 7.89. The van der Waals surface area contributed by atoms with E-state index in [1.165, 1.54) is 24.3 Å². The van der Waals surface area contributed by atoms with Crippen LogP contribution in [0.2, 0.25) is 0 Å². The molecule has 0 aliphatic heterocycles. The first kappa shape index (κ1) is 25.3. The van der Waals surface area contributed by atoms with Crippen LogP contribution in [0.1, 0.15) is 42.5 Å². The molecule has 7 nitrogen and oxygen atoms in total. The minimum absolute atomic E-state index is 0.0360. The third-order valence-corrected chi connectivity index (χ3v) is 7.23. The number of ether oxygens (including phenoxy) is 1. The summed E-state index contributed by atoms with van der Waals surface area (Å²) in [5, 5.41) is 0.766. The summed E-state index contributed by atoms with van der Waals surface area (Å²) >= 11 is 0. The van der Waals surface area contributed by atoms with Crippen molar-refractivity contribution in [2.24, 2.45) is 0 Å². The van der Waals surface area contributed by atoms with E-state index in [1.807, 2.05) is 6.92 Å². The fourth-order valence-electron chi connectivity index (χ4n) is 3.86. The maximum Gasteiger partial charge on any atom is 0.336 e. The van der Waals surface area contributed by atoms with Crippen molar-refractivity contribution in [3.05, 3.63) is 106 Å². The molecule has 4 rings (SSSR count). The van der Waals surface area contributed by atoms with E-state index < -0.39 is 27.7 Å². The van der Waals surface area contributed by atoms with Crippen LogP contribution < -0.4 is 15.1 Å². The first-order valence-corrected chi connectivity index (χ1v) is 13.2. The highest BCUT2D eigenvalue weighted by Crippen LogP contribution is 2.26. The molecule has 1 aromatic heterocycles. The number of rotatable bonds is 9. The van der Waals surface area contributed by atoms with Crippen LogP contribution in [0.5, 0.6) is 5.75 Å². The van der Waals surface area contributed by atoms with Crippen LogP contribution >= 0.6 is 0 Å². The minimum atomic E-state index is -4.03. The Bertz CT molecular complexity index is 1530. The van der Waals surface area contributed by atoms with Crippen molar-refractivity contribution in [3.63, 3.8) is 0 Å². The van der Waals surface area contributed by atoms with Crippen LogP contribution in [0, 0.1) is 6.92 Å². The van der Waals surface area contributed by atoms with Gasteiger partial charge in [-0.1, -0.05) is 61.4 Å². The number of sulfonamides is 1. The second-order valence-electron chi connectivity index (χ2n) is 8.55. The quantitative estimate of drug-likeness (QED) is 0.194. The molecule has 0 amide bonds.